The fourth-order valence-corrected chi connectivity index (χ4v) is 2.42. The molecule has 0 spiro atoms. The van der Waals surface area contributed by atoms with Gasteiger partial charge in [-0.05, 0) is 27.2 Å². The lowest BCUT2D eigenvalue weighted by Gasteiger charge is -2.24. The number of carbonyl (C=O) groups excluding carboxylic acids is 1. The summed E-state index contributed by atoms with van der Waals surface area (Å²) in [6.45, 7) is 7.23. The number of carboxylic acid groups (broad SMARTS) is 1. The van der Waals surface area contributed by atoms with E-state index >= 15 is 0 Å². The van der Waals surface area contributed by atoms with E-state index in [2.05, 4.69) is 15.3 Å². The topological polar surface area (TPSA) is 112 Å². The summed E-state index contributed by atoms with van der Waals surface area (Å²) in [5, 5.41) is 12.0. The third-order valence-corrected chi connectivity index (χ3v) is 3.98. The van der Waals surface area contributed by atoms with Crippen molar-refractivity contribution in [2.24, 2.45) is 0 Å². The number of nitrogens with zero attached hydrogens (tertiary/aromatic N) is 1. The Balaban J connectivity index is 2.87. The standard InChI is InChI=1S/C13H19N3O4S/c1-5-13(3,4)16-8(17)6-21-10-9(11(18)19)7(2)14-12(20)15-10/h5-6H2,1-4H3,(H,16,17)(H,18,19)(H,14,15,20). The number of carbonyl (C=O) groups is 2. The highest BCUT2D eigenvalue weighted by Gasteiger charge is 2.21. The van der Waals surface area contributed by atoms with Gasteiger partial charge in [0.2, 0.25) is 5.91 Å². The number of thioether (sulfide) groups is 1. The Labute approximate surface area is 126 Å². The molecule has 0 fully saturated rings. The Morgan fingerprint density at radius 1 is 1.43 bits per heavy atom. The predicted octanol–water partition coefficient (Wildman–Crippen LogP) is 1.17. The molecule has 1 rings (SSSR count). The second-order valence-electron chi connectivity index (χ2n) is 5.23. The lowest BCUT2D eigenvalue weighted by molar-refractivity contribution is -0.120. The smallest absolute Gasteiger partial charge is 0.346 e. The van der Waals surface area contributed by atoms with Crippen LogP contribution in [0.2, 0.25) is 0 Å². The van der Waals surface area contributed by atoms with Gasteiger partial charge in [0.1, 0.15) is 10.6 Å². The number of amides is 1. The Morgan fingerprint density at radius 3 is 2.57 bits per heavy atom. The number of hydrogen-bond donors (Lipinski definition) is 3. The summed E-state index contributed by atoms with van der Waals surface area (Å²) in [5.74, 6) is -1.42. The van der Waals surface area contributed by atoms with Crippen molar-refractivity contribution < 1.29 is 14.7 Å². The van der Waals surface area contributed by atoms with Crippen LogP contribution in [-0.2, 0) is 4.79 Å². The fraction of sp³-hybridized carbons (Fsp3) is 0.538. The minimum Gasteiger partial charge on any atom is -0.478 e. The second-order valence-corrected chi connectivity index (χ2v) is 6.19. The van der Waals surface area contributed by atoms with Gasteiger partial charge in [-0.15, -0.1) is 0 Å². The second kappa shape index (κ2) is 6.75. The summed E-state index contributed by atoms with van der Waals surface area (Å²) in [5.41, 5.74) is -0.819. The normalized spacial score (nSPS) is 11.2. The van der Waals surface area contributed by atoms with Gasteiger partial charge in [-0.3, -0.25) is 4.79 Å². The lowest BCUT2D eigenvalue weighted by Crippen LogP contribution is -2.43. The minimum absolute atomic E-state index is 0.000394. The molecule has 0 radical (unpaired) electrons. The van der Waals surface area contributed by atoms with E-state index in [1.54, 1.807) is 0 Å². The Hall–Kier alpha value is -1.83. The molecule has 0 atom stereocenters. The summed E-state index contributed by atoms with van der Waals surface area (Å²) < 4.78 is 0. The molecule has 0 unspecified atom stereocenters. The van der Waals surface area contributed by atoms with Gasteiger partial charge in [-0.2, -0.15) is 4.98 Å². The first-order valence-electron chi connectivity index (χ1n) is 6.44. The van der Waals surface area contributed by atoms with Crippen molar-refractivity contribution in [3.8, 4) is 0 Å². The highest BCUT2D eigenvalue weighted by Crippen LogP contribution is 2.21. The van der Waals surface area contributed by atoms with Crippen LogP contribution in [0.5, 0.6) is 0 Å². The first-order chi connectivity index (χ1) is 9.66. The molecule has 21 heavy (non-hydrogen) atoms. The van der Waals surface area contributed by atoms with Crippen LogP contribution in [0.15, 0.2) is 9.82 Å². The van der Waals surface area contributed by atoms with E-state index in [4.69, 9.17) is 5.11 Å². The van der Waals surface area contributed by atoms with Crippen LogP contribution in [0.1, 0.15) is 43.2 Å². The monoisotopic (exact) mass is 313 g/mol. The first kappa shape index (κ1) is 17.2. The first-order valence-corrected chi connectivity index (χ1v) is 7.43. The summed E-state index contributed by atoms with van der Waals surface area (Å²) in [6, 6.07) is 0. The van der Waals surface area contributed by atoms with Gasteiger partial charge < -0.3 is 15.4 Å². The third kappa shape index (κ3) is 4.89. The molecule has 7 nitrogen and oxygen atoms in total. The predicted molar refractivity (Wildman–Crippen MR) is 79.8 cm³/mol. The van der Waals surface area contributed by atoms with Crippen LogP contribution in [-0.4, -0.2) is 38.2 Å². The summed E-state index contributed by atoms with van der Waals surface area (Å²) in [4.78, 5) is 40.3. The van der Waals surface area contributed by atoms with E-state index in [-0.39, 0.29) is 33.5 Å². The van der Waals surface area contributed by atoms with E-state index in [0.29, 0.717) is 0 Å². The average Bonchev–Trinajstić information content (AvgIpc) is 2.34. The molecule has 1 aromatic heterocycles. The number of carboxylic acids is 1. The van der Waals surface area contributed by atoms with Gasteiger partial charge in [0.05, 0.1) is 5.75 Å². The summed E-state index contributed by atoms with van der Waals surface area (Å²) in [6.07, 6.45) is 0.770. The van der Waals surface area contributed by atoms with Gasteiger partial charge in [0.15, 0.2) is 0 Å². The molecule has 1 heterocycles. The summed E-state index contributed by atoms with van der Waals surface area (Å²) in [7, 11) is 0. The van der Waals surface area contributed by atoms with Crippen molar-refractivity contribution in [3.63, 3.8) is 0 Å². The molecule has 0 saturated heterocycles. The van der Waals surface area contributed by atoms with Crippen LogP contribution in [0.25, 0.3) is 0 Å². The molecule has 0 saturated carbocycles. The Morgan fingerprint density at radius 2 is 2.05 bits per heavy atom. The number of rotatable bonds is 6. The van der Waals surface area contributed by atoms with Crippen LogP contribution in [0.4, 0.5) is 0 Å². The van der Waals surface area contributed by atoms with Crippen molar-refractivity contribution in [3.05, 3.63) is 21.7 Å². The molecule has 1 aromatic rings. The number of aromatic nitrogens is 2. The molecular weight excluding hydrogens is 294 g/mol. The zero-order chi connectivity index (χ0) is 16.2. The molecule has 0 aliphatic rings. The van der Waals surface area contributed by atoms with E-state index < -0.39 is 11.7 Å². The highest BCUT2D eigenvalue weighted by molar-refractivity contribution is 8.00. The largest absolute Gasteiger partial charge is 0.478 e. The van der Waals surface area contributed by atoms with Crippen molar-refractivity contribution in [2.45, 2.75) is 44.7 Å². The molecular formula is C13H19N3O4S. The molecule has 0 aromatic carbocycles. The van der Waals surface area contributed by atoms with Crippen LogP contribution >= 0.6 is 11.8 Å². The van der Waals surface area contributed by atoms with Crippen LogP contribution < -0.4 is 11.0 Å². The molecule has 116 valence electrons. The Kier molecular flexibility index (Phi) is 5.54. The van der Waals surface area contributed by atoms with Gasteiger partial charge in [0.25, 0.3) is 0 Å². The molecule has 3 N–H and O–H groups in total. The van der Waals surface area contributed by atoms with E-state index in [1.165, 1.54) is 6.92 Å². The molecule has 0 aliphatic carbocycles. The van der Waals surface area contributed by atoms with Crippen molar-refractivity contribution in [1.82, 2.24) is 15.3 Å². The zero-order valence-corrected chi connectivity index (χ0v) is 13.3. The zero-order valence-electron chi connectivity index (χ0n) is 12.4. The van der Waals surface area contributed by atoms with Crippen molar-refractivity contribution >= 4 is 23.6 Å². The van der Waals surface area contributed by atoms with E-state index in [0.717, 1.165) is 18.2 Å². The number of hydrogen-bond acceptors (Lipinski definition) is 5. The maximum Gasteiger partial charge on any atom is 0.346 e. The third-order valence-electron chi connectivity index (χ3n) is 3.00. The highest BCUT2D eigenvalue weighted by atomic mass is 32.2. The number of H-pyrrole nitrogens is 1. The number of aromatic carboxylic acids is 1. The quantitative estimate of drug-likeness (QED) is 0.537. The van der Waals surface area contributed by atoms with Crippen molar-refractivity contribution in [1.29, 1.82) is 0 Å². The van der Waals surface area contributed by atoms with Gasteiger partial charge in [-0.25, -0.2) is 9.59 Å². The van der Waals surface area contributed by atoms with Crippen molar-refractivity contribution in [2.75, 3.05) is 5.75 Å². The number of aromatic amines is 1. The molecule has 0 bridgehead atoms. The molecule has 1 amide bonds. The lowest BCUT2D eigenvalue weighted by atomic mass is 10.0. The van der Waals surface area contributed by atoms with Gasteiger partial charge in [-0.1, -0.05) is 18.7 Å². The minimum atomic E-state index is -1.19. The summed E-state index contributed by atoms with van der Waals surface area (Å²) >= 11 is 0.939. The fourth-order valence-electron chi connectivity index (χ4n) is 1.55. The molecule has 8 heteroatoms. The van der Waals surface area contributed by atoms with Gasteiger partial charge >= 0.3 is 11.7 Å². The number of aryl methyl sites for hydroxylation is 1. The SMILES string of the molecule is CCC(C)(C)NC(=O)CSc1nc(=O)[nH]c(C)c1C(=O)O. The van der Waals surface area contributed by atoms with Crippen LogP contribution in [0.3, 0.4) is 0 Å². The average molecular weight is 313 g/mol. The maximum atomic E-state index is 11.8. The molecule has 0 aliphatic heterocycles. The Bertz CT molecular complexity index is 610. The van der Waals surface area contributed by atoms with Gasteiger partial charge in [0, 0.05) is 11.2 Å². The number of nitrogens with one attached hydrogen (secondary N) is 2. The van der Waals surface area contributed by atoms with Crippen LogP contribution in [0, 0.1) is 6.92 Å². The maximum absolute atomic E-state index is 11.8. The van der Waals surface area contributed by atoms with E-state index in [1.807, 2.05) is 20.8 Å². The van der Waals surface area contributed by atoms with E-state index in [9.17, 15) is 14.4 Å².